The number of hydrogen-bond donors (Lipinski definition) is 0. The molecule has 0 radical (unpaired) electrons. The van der Waals surface area contributed by atoms with Gasteiger partial charge in [-0.1, -0.05) is 61.1 Å². The Kier molecular flexibility index (Phi) is 5.12. The van der Waals surface area contributed by atoms with Crippen molar-refractivity contribution in [2.24, 2.45) is 0 Å². The van der Waals surface area contributed by atoms with E-state index in [0.717, 1.165) is 12.8 Å². The Hall–Kier alpha value is -0.426. The van der Waals surface area contributed by atoms with Crippen molar-refractivity contribution in [2.45, 2.75) is 37.9 Å². The molecule has 0 N–H and O–H groups in total. The molecule has 1 nitrogen and oxygen atoms in total. The van der Waals surface area contributed by atoms with Gasteiger partial charge in [0, 0.05) is 0 Å². The van der Waals surface area contributed by atoms with Crippen LogP contribution in [0.2, 0.25) is 18.6 Å². The third-order valence-electron chi connectivity index (χ3n) is 3.77. The summed E-state index contributed by atoms with van der Waals surface area (Å²) in [6.07, 6.45) is 5.03. The summed E-state index contributed by atoms with van der Waals surface area (Å²) in [7, 11) is -1.50. The van der Waals surface area contributed by atoms with Crippen LogP contribution in [0.1, 0.15) is 19.3 Å². The van der Waals surface area contributed by atoms with E-state index < -0.39 is 8.07 Å². The van der Waals surface area contributed by atoms with Gasteiger partial charge < -0.3 is 5.11 Å². The fourth-order valence-electron chi connectivity index (χ4n) is 2.54. The van der Waals surface area contributed by atoms with Crippen molar-refractivity contribution in [1.82, 2.24) is 0 Å². The summed E-state index contributed by atoms with van der Waals surface area (Å²) >= 11 is 0. The molecule has 1 aromatic carbocycles. The molecule has 0 amide bonds. The second-order valence-corrected chi connectivity index (χ2v) is 9.98. The maximum Gasteiger partial charge on any atom is 1.00 e. The summed E-state index contributed by atoms with van der Waals surface area (Å²) in [5.74, 6) is 0.354. The topological polar surface area (TPSA) is 23.1 Å². The van der Waals surface area contributed by atoms with Crippen LogP contribution in [-0.2, 0) is 0 Å². The predicted octanol–water partition coefficient (Wildman–Crippen LogP) is -0.596. The van der Waals surface area contributed by atoms with Gasteiger partial charge in [-0.25, -0.2) is 0 Å². The van der Waals surface area contributed by atoms with Crippen LogP contribution in [0.3, 0.4) is 0 Å². The van der Waals surface area contributed by atoms with Gasteiger partial charge in [-0.3, -0.25) is 0 Å². The van der Waals surface area contributed by atoms with Gasteiger partial charge in [0.2, 0.25) is 0 Å². The largest absolute Gasteiger partial charge is 1.00 e. The van der Waals surface area contributed by atoms with Gasteiger partial charge in [-0.15, -0.1) is 5.76 Å². The molecule has 86 valence electrons. The molecule has 0 aromatic heterocycles. The number of allylic oxidation sites excluding steroid dienone is 2. The molecular formula is C14H19LiOSi. The minimum absolute atomic E-state index is 0. The Balaban J connectivity index is 0.00000144. The summed E-state index contributed by atoms with van der Waals surface area (Å²) in [6.45, 7) is 4.75. The normalized spacial score (nSPS) is 20.4. The molecule has 0 saturated carbocycles. The maximum atomic E-state index is 11.5. The minimum Gasteiger partial charge on any atom is -0.876 e. The molecule has 3 heteroatoms. The van der Waals surface area contributed by atoms with Crippen molar-refractivity contribution in [3.63, 3.8) is 0 Å². The molecule has 2 rings (SSSR count). The fraction of sp³-hybridized carbons (Fsp3) is 0.429. The van der Waals surface area contributed by atoms with Crippen LogP contribution in [0.5, 0.6) is 0 Å². The molecule has 17 heavy (non-hydrogen) atoms. The Morgan fingerprint density at radius 1 is 1.18 bits per heavy atom. The van der Waals surface area contributed by atoms with Gasteiger partial charge in [0.05, 0.1) is 8.07 Å². The first-order valence-corrected chi connectivity index (χ1v) is 9.11. The summed E-state index contributed by atoms with van der Waals surface area (Å²) < 4.78 is 0. The van der Waals surface area contributed by atoms with E-state index in [1.54, 1.807) is 0 Å². The number of hydrogen-bond acceptors (Lipinski definition) is 1. The molecule has 0 saturated heterocycles. The number of benzene rings is 1. The summed E-state index contributed by atoms with van der Waals surface area (Å²) in [5.41, 5.74) is 0.524. The summed E-state index contributed by atoms with van der Waals surface area (Å²) in [6, 6.07) is 10.7. The average Bonchev–Trinajstić information content (AvgIpc) is 2.30. The van der Waals surface area contributed by atoms with E-state index in [0.29, 0.717) is 11.3 Å². The zero-order chi connectivity index (χ0) is 11.6. The third kappa shape index (κ3) is 3.28. The first-order valence-electron chi connectivity index (χ1n) is 6.04. The van der Waals surface area contributed by atoms with Crippen molar-refractivity contribution < 1.29 is 24.0 Å². The molecule has 1 atom stereocenters. The quantitative estimate of drug-likeness (QED) is 0.631. The van der Waals surface area contributed by atoms with E-state index in [1.807, 2.05) is 6.08 Å². The Bertz CT molecular complexity index is 386. The Morgan fingerprint density at radius 2 is 1.82 bits per heavy atom. The first-order chi connectivity index (χ1) is 7.60. The van der Waals surface area contributed by atoms with Crippen LogP contribution in [0.15, 0.2) is 42.2 Å². The van der Waals surface area contributed by atoms with Crippen molar-refractivity contribution in [3.8, 4) is 0 Å². The average molecular weight is 238 g/mol. The first kappa shape index (κ1) is 14.6. The van der Waals surface area contributed by atoms with E-state index >= 15 is 0 Å². The second-order valence-electron chi connectivity index (χ2n) is 5.22. The van der Waals surface area contributed by atoms with E-state index in [9.17, 15) is 5.11 Å². The second kappa shape index (κ2) is 5.95. The molecule has 1 unspecified atom stereocenters. The van der Waals surface area contributed by atoms with Gasteiger partial charge in [-0.05, 0) is 18.4 Å². The van der Waals surface area contributed by atoms with Gasteiger partial charge in [0.1, 0.15) is 0 Å². The molecule has 0 fully saturated rings. The zero-order valence-corrected chi connectivity index (χ0v) is 12.1. The predicted molar refractivity (Wildman–Crippen MR) is 69.2 cm³/mol. The Morgan fingerprint density at radius 3 is 2.41 bits per heavy atom. The standard InChI is InChI=1S/C14H20OSi.Li/c1-16(2,13-8-4-3-5-9-13)14-10-6-7-12(15)11-14;/h3-5,8-9,11,14-15H,6-7,10H2,1-2H3;/q;+1/p-1. The van der Waals surface area contributed by atoms with Crippen LogP contribution in [0, 0.1) is 0 Å². The molecule has 0 bridgehead atoms. The van der Waals surface area contributed by atoms with E-state index in [4.69, 9.17) is 0 Å². The molecule has 1 aliphatic carbocycles. The smallest absolute Gasteiger partial charge is 0.876 e. The molecule has 1 aromatic rings. The zero-order valence-electron chi connectivity index (χ0n) is 11.1. The van der Waals surface area contributed by atoms with Gasteiger partial charge in [-0.2, -0.15) is 0 Å². The summed E-state index contributed by atoms with van der Waals surface area (Å²) in [4.78, 5) is 0. The molecule has 0 aliphatic heterocycles. The number of rotatable bonds is 2. The summed E-state index contributed by atoms with van der Waals surface area (Å²) in [5, 5.41) is 13.0. The van der Waals surface area contributed by atoms with E-state index in [1.165, 1.54) is 11.6 Å². The van der Waals surface area contributed by atoms with Crippen molar-refractivity contribution >= 4 is 13.3 Å². The SMILES string of the molecule is C[Si](C)(c1ccccc1)C1C=C([O-])CCC1.[Li+]. The van der Waals surface area contributed by atoms with Crippen molar-refractivity contribution in [3.05, 3.63) is 42.2 Å². The van der Waals surface area contributed by atoms with Gasteiger partial charge in [0.15, 0.2) is 0 Å². The van der Waals surface area contributed by atoms with Crippen LogP contribution in [0.25, 0.3) is 0 Å². The molecule has 0 spiro atoms. The fourth-order valence-corrected chi connectivity index (χ4v) is 5.55. The Labute approximate surface area is 117 Å². The van der Waals surface area contributed by atoms with Crippen LogP contribution >= 0.6 is 0 Å². The third-order valence-corrected chi connectivity index (χ3v) is 7.90. The van der Waals surface area contributed by atoms with Gasteiger partial charge in [0.25, 0.3) is 0 Å². The molecular weight excluding hydrogens is 219 g/mol. The van der Waals surface area contributed by atoms with Crippen LogP contribution in [0.4, 0.5) is 0 Å². The van der Waals surface area contributed by atoms with Crippen LogP contribution in [-0.4, -0.2) is 8.07 Å². The molecule has 0 heterocycles. The monoisotopic (exact) mass is 238 g/mol. The van der Waals surface area contributed by atoms with Gasteiger partial charge >= 0.3 is 18.9 Å². The minimum atomic E-state index is -1.50. The van der Waals surface area contributed by atoms with Crippen molar-refractivity contribution in [1.29, 1.82) is 0 Å². The van der Waals surface area contributed by atoms with E-state index in [-0.39, 0.29) is 18.9 Å². The van der Waals surface area contributed by atoms with E-state index in [2.05, 4.69) is 43.4 Å². The maximum absolute atomic E-state index is 11.5. The molecule has 1 aliphatic rings. The van der Waals surface area contributed by atoms with Crippen LogP contribution < -0.4 is 29.2 Å². The van der Waals surface area contributed by atoms with Crippen molar-refractivity contribution in [2.75, 3.05) is 0 Å².